The van der Waals surface area contributed by atoms with Gasteiger partial charge in [-0.3, -0.25) is 0 Å². The van der Waals surface area contributed by atoms with Gasteiger partial charge in [0.15, 0.2) is 0 Å². The molecule has 18 heavy (non-hydrogen) atoms. The van der Waals surface area contributed by atoms with Crippen LogP contribution in [0.4, 0.5) is 0 Å². The molecule has 0 unspecified atom stereocenters. The Bertz CT molecular complexity index is 546. The lowest BCUT2D eigenvalue weighted by molar-refractivity contribution is 0.397. The van der Waals surface area contributed by atoms with Crippen molar-refractivity contribution in [3.05, 3.63) is 23.9 Å². The van der Waals surface area contributed by atoms with Crippen LogP contribution in [0.5, 0.6) is 11.5 Å². The van der Waals surface area contributed by atoms with Crippen LogP contribution >= 0.6 is 0 Å². The molecule has 0 bridgehead atoms. The second-order valence-corrected chi connectivity index (χ2v) is 4.34. The lowest BCUT2D eigenvalue weighted by Gasteiger charge is -2.08. The fraction of sp³-hybridized carbons (Fsp3) is 0.429. The summed E-state index contributed by atoms with van der Waals surface area (Å²) in [6, 6.07) is 3.99. The second kappa shape index (κ2) is 5.31. The molecular formula is C14H20N2O2. The number of rotatable bonds is 5. The quantitative estimate of drug-likeness (QED) is 0.878. The number of hydrogen-bond donors (Lipinski definition) is 1. The summed E-state index contributed by atoms with van der Waals surface area (Å²) in [5, 5.41) is 4.37. The minimum absolute atomic E-state index is 0.830. The summed E-state index contributed by atoms with van der Waals surface area (Å²) >= 11 is 0. The smallest absolute Gasteiger partial charge is 0.146 e. The standard InChI is InChI=1S/C14H20N2O2/c1-15-6-5-10-9-16(2)14-12(10)7-11(17-3)8-13(14)18-4/h7-9,15H,5-6H2,1-4H3. The molecule has 0 spiro atoms. The predicted octanol–water partition coefficient (Wildman–Crippen LogP) is 1.96. The number of nitrogens with one attached hydrogen (secondary N) is 1. The van der Waals surface area contributed by atoms with Gasteiger partial charge in [0.25, 0.3) is 0 Å². The molecule has 0 aliphatic heterocycles. The summed E-state index contributed by atoms with van der Waals surface area (Å²) in [7, 11) is 7.37. The third-order valence-electron chi connectivity index (χ3n) is 3.20. The lowest BCUT2D eigenvalue weighted by Crippen LogP contribution is -2.09. The first kappa shape index (κ1) is 12.8. The Labute approximate surface area is 107 Å². The molecule has 0 aliphatic rings. The number of nitrogens with zero attached hydrogens (tertiary/aromatic N) is 1. The molecule has 4 heteroatoms. The van der Waals surface area contributed by atoms with E-state index in [0.29, 0.717) is 0 Å². The van der Waals surface area contributed by atoms with Gasteiger partial charge >= 0.3 is 0 Å². The third-order valence-corrected chi connectivity index (χ3v) is 3.20. The highest BCUT2D eigenvalue weighted by molar-refractivity contribution is 5.90. The summed E-state index contributed by atoms with van der Waals surface area (Å²) in [6.45, 7) is 0.957. The molecule has 0 saturated heterocycles. The zero-order valence-electron chi connectivity index (χ0n) is 11.4. The molecule has 0 atom stereocenters. The van der Waals surface area contributed by atoms with Crippen LogP contribution in [0.1, 0.15) is 5.56 Å². The van der Waals surface area contributed by atoms with Gasteiger partial charge in [0.1, 0.15) is 11.5 Å². The molecule has 1 aromatic carbocycles. The topological polar surface area (TPSA) is 35.4 Å². The Balaban J connectivity index is 2.60. The maximum absolute atomic E-state index is 5.45. The minimum atomic E-state index is 0.830. The van der Waals surface area contributed by atoms with E-state index in [1.165, 1.54) is 10.9 Å². The molecule has 0 amide bonds. The van der Waals surface area contributed by atoms with E-state index in [9.17, 15) is 0 Å². The van der Waals surface area contributed by atoms with Crippen LogP contribution in [-0.2, 0) is 13.5 Å². The number of aromatic nitrogens is 1. The van der Waals surface area contributed by atoms with E-state index >= 15 is 0 Å². The molecule has 0 aliphatic carbocycles. The maximum Gasteiger partial charge on any atom is 0.146 e. The Morgan fingerprint density at radius 3 is 2.61 bits per heavy atom. The van der Waals surface area contributed by atoms with Crippen LogP contribution < -0.4 is 14.8 Å². The van der Waals surface area contributed by atoms with E-state index in [2.05, 4.69) is 22.1 Å². The van der Waals surface area contributed by atoms with Gasteiger partial charge in [-0.1, -0.05) is 0 Å². The number of benzene rings is 1. The SMILES string of the molecule is CNCCc1cn(C)c2c(OC)cc(OC)cc12. The number of likely N-dealkylation sites (N-methyl/N-ethyl adjacent to an activating group) is 1. The molecule has 2 rings (SSSR count). The van der Waals surface area contributed by atoms with Gasteiger partial charge in [-0.2, -0.15) is 0 Å². The molecule has 1 N–H and O–H groups in total. The fourth-order valence-corrected chi connectivity index (χ4v) is 2.29. The molecule has 4 nitrogen and oxygen atoms in total. The molecule has 0 saturated carbocycles. The Morgan fingerprint density at radius 1 is 1.22 bits per heavy atom. The highest BCUT2D eigenvalue weighted by atomic mass is 16.5. The van der Waals surface area contributed by atoms with Crippen molar-refractivity contribution in [2.45, 2.75) is 6.42 Å². The Morgan fingerprint density at radius 2 is 2.00 bits per heavy atom. The van der Waals surface area contributed by atoms with Crippen LogP contribution in [0.3, 0.4) is 0 Å². The number of fused-ring (bicyclic) bond motifs is 1. The van der Waals surface area contributed by atoms with Crippen LogP contribution in [0.25, 0.3) is 10.9 Å². The van der Waals surface area contributed by atoms with Gasteiger partial charge in [-0.15, -0.1) is 0 Å². The highest BCUT2D eigenvalue weighted by Crippen LogP contribution is 2.34. The first-order valence-electron chi connectivity index (χ1n) is 6.05. The molecule has 2 aromatic rings. The van der Waals surface area contributed by atoms with Crippen LogP contribution in [-0.4, -0.2) is 32.4 Å². The first-order valence-corrected chi connectivity index (χ1v) is 6.05. The van der Waals surface area contributed by atoms with Gasteiger partial charge in [0.05, 0.1) is 19.7 Å². The number of ether oxygens (including phenoxy) is 2. The summed E-state index contributed by atoms with van der Waals surface area (Å²) in [5.74, 6) is 1.68. The summed E-state index contributed by atoms with van der Waals surface area (Å²) in [6.07, 6.45) is 3.15. The monoisotopic (exact) mass is 248 g/mol. The van der Waals surface area contributed by atoms with E-state index in [-0.39, 0.29) is 0 Å². The van der Waals surface area contributed by atoms with Crippen molar-refractivity contribution in [3.8, 4) is 11.5 Å². The summed E-state index contributed by atoms with van der Waals surface area (Å²) < 4.78 is 12.9. The molecular weight excluding hydrogens is 228 g/mol. The Hall–Kier alpha value is -1.68. The van der Waals surface area contributed by atoms with Crippen molar-refractivity contribution in [3.63, 3.8) is 0 Å². The van der Waals surface area contributed by atoms with Crippen LogP contribution in [0.15, 0.2) is 18.3 Å². The van der Waals surface area contributed by atoms with Crippen molar-refractivity contribution in [2.75, 3.05) is 27.8 Å². The van der Waals surface area contributed by atoms with Crippen molar-refractivity contribution in [2.24, 2.45) is 7.05 Å². The number of hydrogen-bond acceptors (Lipinski definition) is 3. The van der Waals surface area contributed by atoms with Crippen LogP contribution in [0, 0.1) is 0 Å². The van der Waals surface area contributed by atoms with Gasteiger partial charge < -0.3 is 19.4 Å². The zero-order valence-corrected chi connectivity index (χ0v) is 11.4. The molecule has 1 aromatic heterocycles. The van der Waals surface area contributed by atoms with E-state index in [1.54, 1.807) is 14.2 Å². The molecule has 1 heterocycles. The normalized spacial score (nSPS) is 10.9. The minimum Gasteiger partial charge on any atom is -0.497 e. The van der Waals surface area contributed by atoms with E-state index in [4.69, 9.17) is 9.47 Å². The summed E-state index contributed by atoms with van der Waals surface area (Å²) in [4.78, 5) is 0. The van der Waals surface area contributed by atoms with Gasteiger partial charge in [0.2, 0.25) is 0 Å². The summed E-state index contributed by atoms with van der Waals surface area (Å²) in [5.41, 5.74) is 2.42. The average Bonchev–Trinajstić information content (AvgIpc) is 2.72. The predicted molar refractivity (Wildman–Crippen MR) is 73.7 cm³/mol. The van der Waals surface area contributed by atoms with E-state index in [0.717, 1.165) is 30.0 Å². The average molecular weight is 248 g/mol. The third kappa shape index (κ3) is 2.16. The van der Waals surface area contributed by atoms with Gasteiger partial charge in [0, 0.05) is 24.7 Å². The van der Waals surface area contributed by atoms with Crippen LogP contribution in [0.2, 0.25) is 0 Å². The first-order chi connectivity index (χ1) is 8.71. The lowest BCUT2D eigenvalue weighted by atomic mass is 10.1. The maximum atomic E-state index is 5.45. The van der Waals surface area contributed by atoms with Gasteiger partial charge in [-0.05, 0) is 31.6 Å². The zero-order chi connectivity index (χ0) is 13.1. The highest BCUT2D eigenvalue weighted by Gasteiger charge is 2.13. The fourth-order valence-electron chi connectivity index (χ4n) is 2.29. The van der Waals surface area contributed by atoms with Crippen molar-refractivity contribution in [1.29, 1.82) is 0 Å². The van der Waals surface area contributed by atoms with Crippen molar-refractivity contribution < 1.29 is 9.47 Å². The largest absolute Gasteiger partial charge is 0.497 e. The molecule has 0 fully saturated rings. The van der Waals surface area contributed by atoms with E-state index < -0.39 is 0 Å². The Kier molecular flexibility index (Phi) is 3.77. The number of aryl methyl sites for hydroxylation is 1. The number of methoxy groups -OCH3 is 2. The molecule has 0 radical (unpaired) electrons. The van der Waals surface area contributed by atoms with Gasteiger partial charge in [-0.25, -0.2) is 0 Å². The van der Waals surface area contributed by atoms with Crippen molar-refractivity contribution in [1.82, 2.24) is 9.88 Å². The second-order valence-electron chi connectivity index (χ2n) is 4.34. The molecule has 98 valence electrons. The van der Waals surface area contributed by atoms with Crippen molar-refractivity contribution >= 4 is 10.9 Å². The van der Waals surface area contributed by atoms with E-state index in [1.807, 2.05) is 20.2 Å².